The molecule has 1 unspecified atom stereocenters. The number of nitrogens with zero attached hydrogens (tertiary/aromatic N) is 1. The van der Waals surface area contributed by atoms with E-state index in [1.54, 1.807) is 6.92 Å². The molecule has 0 aromatic rings. The van der Waals surface area contributed by atoms with Crippen molar-refractivity contribution in [1.82, 2.24) is 4.90 Å². The molecule has 0 radical (unpaired) electrons. The van der Waals surface area contributed by atoms with E-state index in [4.69, 9.17) is 0 Å². The van der Waals surface area contributed by atoms with E-state index < -0.39 is 35.3 Å². The molecule has 0 bridgehead atoms. The monoisotopic (exact) mass is 321 g/mol. The third-order valence-corrected chi connectivity index (χ3v) is 3.67. The number of rotatable bonds is 3. The SMILES string of the molecule is CCC1C(C(=O)OC)=C(C)N(C)C(C(F)(F)F)=C1C(=O)OC. The van der Waals surface area contributed by atoms with Crippen LogP contribution in [-0.2, 0) is 19.1 Å². The summed E-state index contributed by atoms with van der Waals surface area (Å²) >= 11 is 0. The van der Waals surface area contributed by atoms with Gasteiger partial charge in [0.1, 0.15) is 5.70 Å². The third kappa shape index (κ3) is 2.95. The smallest absolute Gasteiger partial charge is 0.431 e. The maximum absolute atomic E-state index is 13.4. The first-order valence-corrected chi connectivity index (χ1v) is 6.54. The fraction of sp³-hybridized carbons (Fsp3) is 0.571. The molecule has 0 saturated heterocycles. The van der Waals surface area contributed by atoms with Gasteiger partial charge >= 0.3 is 18.1 Å². The van der Waals surface area contributed by atoms with Crippen LogP contribution in [0, 0.1) is 5.92 Å². The number of methoxy groups -OCH3 is 2. The van der Waals surface area contributed by atoms with E-state index in [1.165, 1.54) is 6.92 Å². The third-order valence-electron chi connectivity index (χ3n) is 3.67. The Morgan fingerprint density at radius 3 is 1.95 bits per heavy atom. The summed E-state index contributed by atoms with van der Waals surface area (Å²) in [5, 5.41) is 0. The summed E-state index contributed by atoms with van der Waals surface area (Å²) in [5.41, 5.74) is -1.57. The van der Waals surface area contributed by atoms with Gasteiger partial charge in [-0.2, -0.15) is 13.2 Å². The van der Waals surface area contributed by atoms with Crippen molar-refractivity contribution in [2.75, 3.05) is 21.3 Å². The van der Waals surface area contributed by atoms with Crippen LogP contribution in [0.25, 0.3) is 0 Å². The molecule has 1 atom stereocenters. The molecule has 0 spiro atoms. The lowest BCUT2D eigenvalue weighted by molar-refractivity contribution is -0.141. The zero-order valence-corrected chi connectivity index (χ0v) is 13.0. The lowest BCUT2D eigenvalue weighted by Crippen LogP contribution is -2.39. The number of hydrogen-bond acceptors (Lipinski definition) is 5. The Bertz CT molecular complexity index is 549. The molecule has 0 aliphatic carbocycles. The Labute approximate surface area is 126 Å². The van der Waals surface area contributed by atoms with E-state index >= 15 is 0 Å². The van der Waals surface area contributed by atoms with Crippen molar-refractivity contribution in [3.63, 3.8) is 0 Å². The molecule has 0 fully saturated rings. The van der Waals surface area contributed by atoms with E-state index in [-0.39, 0.29) is 17.7 Å². The van der Waals surface area contributed by atoms with Crippen LogP contribution in [-0.4, -0.2) is 44.3 Å². The van der Waals surface area contributed by atoms with Gasteiger partial charge in [0.2, 0.25) is 0 Å². The van der Waals surface area contributed by atoms with Crippen LogP contribution in [0.15, 0.2) is 22.5 Å². The Hall–Kier alpha value is -1.99. The average molecular weight is 321 g/mol. The minimum atomic E-state index is -4.76. The van der Waals surface area contributed by atoms with Crippen LogP contribution in [0.2, 0.25) is 0 Å². The van der Waals surface area contributed by atoms with E-state index in [1.807, 2.05) is 0 Å². The molecule has 1 aliphatic heterocycles. The quantitative estimate of drug-likeness (QED) is 0.747. The number of alkyl halides is 3. The van der Waals surface area contributed by atoms with Gasteiger partial charge in [0.05, 0.1) is 25.4 Å². The zero-order chi connectivity index (χ0) is 17.2. The number of ether oxygens (including phenoxy) is 2. The predicted octanol–water partition coefficient (Wildman–Crippen LogP) is 2.39. The maximum Gasteiger partial charge on any atom is 0.431 e. The van der Waals surface area contributed by atoms with Crippen molar-refractivity contribution in [1.29, 1.82) is 0 Å². The molecule has 124 valence electrons. The highest BCUT2D eigenvalue weighted by Crippen LogP contribution is 2.43. The van der Waals surface area contributed by atoms with E-state index in [0.29, 0.717) is 0 Å². The summed E-state index contributed by atoms with van der Waals surface area (Å²) in [6.07, 6.45) is -4.63. The van der Waals surface area contributed by atoms with Crippen molar-refractivity contribution in [3.05, 3.63) is 22.5 Å². The fourth-order valence-corrected chi connectivity index (χ4v) is 2.59. The van der Waals surface area contributed by atoms with Crippen molar-refractivity contribution >= 4 is 11.9 Å². The fourth-order valence-electron chi connectivity index (χ4n) is 2.59. The summed E-state index contributed by atoms with van der Waals surface area (Å²) < 4.78 is 49.3. The first kappa shape index (κ1) is 18.1. The van der Waals surface area contributed by atoms with E-state index in [9.17, 15) is 22.8 Å². The van der Waals surface area contributed by atoms with Gasteiger partial charge in [-0.25, -0.2) is 9.59 Å². The first-order valence-electron chi connectivity index (χ1n) is 6.54. The highest BCUT2D eigenvalue weighted by Gasteiger charge is 2.48. The molecular formula is C14H18F3NO4. The molecular weight excluding hydrogens is 303 g/mol. The van der Waals surface area contributed by atoms with Gasteiger partial charge in [0.15, 0.2) is 0 Å². The van der Waals surface area contributed by atoms with E-state index in [2.05, 4.69) is 9.47 Å². The first-order chi connectivity index (χ1) is 10.1. The molecule has 5 nitrogen and oxygen atoms in total. The van der Waals surface area contributed by atoms with Crippen molar-refractivity contribution in [2.24, 2.45) is 5.92 Å². The van der Waals surface area contributed by atoms with Gasteiger partial charge in [0.25, 0.3) is 0 Å². The molecule has 1 rings (SSSR count). The summed E-state index contributed by atoms with van der Waals surface area (Å²) in [4.78, 5) is 24.6. The second-order valence-electron chi connectivity index (χ2n) is 4.76. The lowest BCUT2D eigenvalue weighted by Gasteiger charge is -2.36. The highest BCUT2D eigenvalue weighted by atomic mass is 19.4. The molecule has 0 aromatic carbocycles. The number of halogens is 3. The van der Waals surface area contributed by atoms with Crippen LogP contribution >= 0.6 is 0 Å². The normalized spacial score (nSPS) is 19.5. The average Bonchev–Trinajstić information content (AvgIpc) is 2.46. The van der Waals surface area contributed by atoms with Crippen molar-refractivity contribution in [3.8, 4) is 0 Å². The van der Waals surface area contributed by atoms with Crippen LogP contribution in [0.4, 0.5) is 13.2 Å². The van der Waals surface area contributed by atoms with Gasteiger partial charge in [-0.1, -0.05) is 6.92 Å². The number of allylic oxidation sites excluding steroid dienone is 2. The molecule has 8 heteroatoms. The molecule has 1 heterocycles. The van der Waals surface area contributed by atoms with Crippen molar-refractivity contribution < 1.29 is 32.2 Å². The second kappa shape index (κ2) is 6.41. The van der Waals surface area contributed by atoms with Gasteiger partial charge in [-0.3, -0.25) is 0 Å². The molecule has 1 aliphatic rings. The number of carbonyl (C=O) groups excluding carboxylic acids is 2. The molecule has 0 aromatic heterocycles. The van der Waals surface area contributed by atoms with Gasteiger partial charge < -0.3 is 14.4 Å². The standard InChI is InChI=1S/C14H18F3NO4/c1-6-8-9(12(19)21-4)7(2)18(3)11(14(15,16)17)10(8)13(20)22-5/h8H,6H2,1-5H3. The van der Waals surface area contributed by atoms with Gasteiger partial charge in [0, 0.05) is 18.7 Å². The number of esters is 2. The lowest BCUT2D eigenvalue weighted by atomic mass is 9.82. The molecule has 0 amide bonds. The van der Waals surface area contributed by atoms with Crippen LogP contribution in [0.1, 0.15) is 20.3 Å². The summed E-state index contributed by atoms with van der Waals surface area (Å²) in [6, 6.07) is 0. The minimum absolute atomic E-state index is 0.0286. The Kier molecular flexibility index (Phi) is 5.26. The molecule has 0 saturated carbocycles. The van der Waals surface area contributed by atoms with Gasteiger partial charge in [-0.05, 0) is 13.3 Å². The topological polar surface area (TPSA) is 55.8 Å². The zero-order valence-electron chi connectivity index (χ0n) is 13.0. The summed E-state index contributed by atoms with van der Waals surface area (Å²) in [5.74, 6) is -2.91. The number of carbonyl (C=O) groups is 2. The van der Waals surface area contributed by atoms with E-state index in [0.717, 1.165) is 26.2 Å². The molecule has 0 N–H and O–H groups in total. The van der Waals surface area contributed by atoms with Crippen LogP contribution < -0.4 is 0 Å². The Morgan fingerprint density at radius 1 is 1.14 bits per heavy atom. The van der Waals surface area contributed by atoms with Crippen LogP contribution in [0.5, 0.6) is 0 Å². The maximum atomic E-state index is 13.4. The van der Waals surface area contributed by atoms with Crippen LogP contribution in [0.3, 0.4) is 0 Å². The predicted molar refractivity (Wildman–Crippen MR) is 71.4 cm³/mol. The second-order valence-corrected chi connectivity index (χ2v) is 4.76. The largest absolute Gasteiger partial charge is 0.466 e. The van der Waals surface area contributed by atoms with Gasteiger partial charge in [-0.15, -0.1) is 0 Å². The summed E-state index contributed by atoms with van der Waals surface area (Å²) in [7, 11) is 3.28. The Balaban J connectivity index is 3.68. The number of hydrogen-bond donors (Lipinski definition) is 0. The minimum Gasteiger partial charge on any atom is -0.466 e. The summed E-state index contributed by atoms with van der Waals surface area (Å²) in [6.45, 7) is 2.97. The molecule has 22 heavy (non-hydrogen) atoms. The highest BCUT2D eigenvalue weighted by molar-refractivity contribution is 5.97. The Morgan fingerprint density at radius 2 is 1.59 bits per heavy atom. The van der Waals surface area contributed by atoms with Crippen molar-refractivity contribution in [2.45, 2.75) is 26.4 Å².